The van der Waals surface area contributed by atoms with Crippen LogP contribution in [0.25, 0.3) is 0 Å². The summed E-state index contributed by atoms with van der Waals surface area (Å²) in [7, 11) is -3.27. The molecule has 0 bridgehead atoms. The second-order valence-electron chi connectivity index (χ2n) is 9.01. The molecule has 2 amide bonds. The quantitative estimate of drug-likeness (QED) is 0.456. The van der Waals surface area contributed by atoms with E-state index in [9.17, 15) is 18.0 Å². The van der Waals surface area contributed by atoms with Gasteiger partial charge in [0.1, 0.15) is 0 Å². The molecule has 0 heterocycles. The standard InChI is InChI=1S/C28H30N2O4S/c1-3-30(24-7-5-4-6-8-24)28(32)23-13-16-26(20(2)17-23)29-27(31)18-21-11-14-25(15-12-21)35(33,34)19-22-9-10-22/h4-8,11-17,22H,3,9-10,18-19H2,1-2H3,(H,29,31). The van der Waals surface area contributed by atoms with Gasteiger partial charge < -0.3 is 10.2 Å². The molecule has 182 valence electrons. The van der Waals surface area contributed by atoms with Crippen molar-refractivity contribution in [2.75, 3.05) is 22.5 Å². The fourth-order valence-corrected chi connectivity index (χ4v) is 5.73. The van der Waals surface area contributed by atoms with Gasteiger partial charge in [-0.05, 0) is 86.2 Å². The molecule has 3 aromatic rings. The van der Waals surface area contributed by atoms with Crippen LogP contribution in [0, 0.1) is 12.8 Å². The Morgan fingerprint density at radius 3 is 2.26 bits per heavy atom. The summed E-state index contributed by atoms with van der Waals surface area (Å²) in [6.07, 6.45) is 2.09. The van der Waals surface area contributed by atoms with Crippen molar-refractivity contribution in [2.24, 2.45) is 5.92 Å². The first-order valence-electron chi connectivity index (χ1n) is 11.9. The first kappa shape index (κ1) is 24.7. The molecular formula is C28H30N2O4S. The molecule has 4 rings (SSSR count). The normalized spacial score (nSPS) is 13.3. The molecule has 6 nitrogen and oxygen atoms in total. The van der Waals surface area contributed by atoms with Gasteiger partial charge in [-0.1, -0.05) is 30.3 Å². The topological polar surface area (TPSA) is 83.6 Å². The van der Waals surface area contributed by atoms with Crippen molar-refractivity contribution >= 4 is 33.0 Å². The molecule has 1 aliphatic carbocycles. The number of aryl methyl sites for hydroxylation is 1. The van der Waals surface area contributed by atoms with Crippen LogP contribution < -0.4 is 10.2 Å². The van der Waals surface area contributed by atoms with Crippen LogP contribution in [0.2, 0.25) is 0 Å². The Morgan fingerprint density at radius 2 is 1.66 bits per heavy atom. The minimum Gasteiger partial charge on any atom is -0.326 e. The van der Waals surface area contributed by atoms with Gasteiger partial charge in [0.25, 0.3) is 5.91 Å². The second-order valence-corrected chi connectivity index (χ2v) is 11.0. The number of hydrogen-bond donors (Lipinski definition) is 1. The third kappa shape index (κ3) is 6.17. The first-order chi connectivity index (χ1) is 16.8. The zero-order chi connectivity index (χ0) is 25.0. The molecule has 0 saturated heterocycles. The molecule has 0 aromatic heterocycles. The molecule has 1 aliphatic rings. The van der Waals surface area contributed by atoms with Crippen LogP contribution >= 0.6 is 0 Å². The second kappa shape index (κ2) is 10.4. The smallest absolute Gasteiger partial charge is 0.258 e. The van der Waals surface area contributed by atoms with Crippen molar-refractivity contribution in [1.82, 2.24) is 0 Å². The van der Waals surface area contributed by atoms with Crippen LogP contribution in [0.1, 0.15) is 41.3 Å². The Balaban J connectivity index is 1.39. The summed E-state index contributed by atoms with van der Waals surface area (Å²) in [6.45, 7) is 4.33. The number of benzene rings is 3. The van der Waals surface area contributed by atoms with Crippen molar-refractivity contribution in [2.45, 2.75) is 38.0 Å². The molecule has 35 heavy (non-hydrogen) atoms. The summed E-state index contributed by atoms with van der Waals surface area (Å²) in [5.74, 6) is 0.182. The predicted molar refractivity (Wildman–Crippen MR) is 139 cm³/mol. The summed E-state index contributed by atoms with van der Waals surface area (Å²) in [5, 5.41) is 2.90. The van der Waals surface area contributed by atoms with E-state index in [4.69, 9.17) is 0 Å². The van der Waals surface area contributed by atoms with Crippen LogP contribution in [0.15, 0.2) is 77.7 Å². The van der Waals surface area contributed by atoms with E-state index in [-0.39, 0.29) is 24.0 Å². The average molecular weight is 491 g/mol. The average Bonchev–Trinajstić information content (AvgIpc) is 3.65. The van der Waals surface area contributed by atoms with Gasteiger partial charge in [0.05, 0.1) is 17.1 Å². The van der Waals surface area contributed by atoms with Crippen LogP contribution in [-0.4, -0.2) is 32.5 Å². The number of nitrogens with zero attached hydrogens (tertiary/aromatic N) is 1. The van der Waals surface area contributed by atoms with Crippen LogP contribution in [-0.2, 0) is 21.1 Å². The Hall–Kier alpha value is -3.45. The van der Waals surface area contributed by atoms with E-state index in [2.05, 4.69) is 5.32 Å². The highest BCUT2D eigenvalue weighted by molar-refractivity contribution is 7.91. The fraction of sp³-hybridized carbons (Fsp3) is 0.286. The molecule has 0 aliphatic heterocycles. The number of carbonyl (C=O) groups is 2. The van der Waals surface area contributed by atoms with Crippen molar-refractivity contribution in [3.63, 3.8) is 0 Å². The van der Waals surface area contributed by atoms with Gasteiger partial charge in [0, 0.05) is 23.5 Å². The predicted octanol–water partition coefficient (Wildman–Crippen LogP) is 5.03. The lowest BCUT2D eigenvalue weighted by Gasteiger charge is -2.21. The Kier molecular flexibility index (Phi) is 7.36. The maximum Gasteiger partial charge on any atom is 0.258 e. The van der Waals surface area contributed by atoms with Crippen molar-refractivity contribution in [3.8, 4) is 0 Å². The summed E-state index contributed by atoms with van der Waals surface area (Å²) in [4.78, 5) is 27.7. The number of sulfone groups is 1. The number of para-hydroxylation sites is 1. The summed E-state index contributed by atoms with van der Waals surface area (Å²) >= 11 is 0. The minimum atomic E-state index is -3.27. The van der Waals surface area contributed by atoms with E-state index in [0.29, 0.717) is 28.6 Å². The number of amides is 2. The van der Waals surface area contributed by atoms with Gasteiger partial charge in [0.2, 0.25) is 5.91 Å². The maximum absolute atomic E-state index is 13.1. The minimum absolute atomic E-state index is 0.101. The van der Waals surface area contributed by atoms with Gasteiger partial charge in [-0.2, -0.15) is 0 Å². The van der Waals surface area contributed by atoms with Gasteiger partial charge in [-0.15, -0.1) is 0 Å². The number of nitrogens with one attached hydrogen (secondary N) is 1. The zero-order valence-corrected chi connectivity index (χ0v) is 20.8. The van der Waals surface area contributed by atoms with Crippen molar-refractivity contribution in [1.29, 1.82) is 0 Å². The third-order valence-electron chi connectivity index (χ3n) is 6.18. The Bertz CT molecular complexity index is 1310. The van der Waals surface area contributed by atoms with Crippen LogP contribution in [0.3, 0.4) is 0 Å². The summed E-state index contributed by atoms with van der Waals surface area (Å²) in [6, 6.07) is 21.3. The van der Waals surface area contributed by atoms with Gasteiger partial charge in [-0.25, -0.2) is 8.42 Å². The molecule has 1 fully saturated rings. The first-order valence-corrected chi connectivity index (χ1v) is 13.5. The van der Waals surface area contributed by atoms with E-state index in [0.717, 1.165) is 29.7 Å². The van der Waals surface area contributed by atoms with E-state index in [1.54, 1.807) is 47.4 Å². The molecule has 3 aromatic carbocycles. The van der Waals surface area contributed by atoms with Gasteiger partial charge in [-0.3, -0.25) is 9.59 Å². The van der Waals surface area contributed by atoms with Gasteiger partial charge >= 0.3 is 0 Å². The van der Waals surface area contributed by atoms with Crippen LogP contribution in [0.5, 0.6) is 0 Å². The molecular weight excluding hydrogens is 460 g/mol. The Labute approximate surface area is 206 Å². The third-order valence-corrected chi connectivity index (χ3v) is 8.08. The molecule has 7 heteroatoms. The Morgan fingerprint density at radius 1 is 0.971 bits per heavy atom. The van der Waals surface area contributed by atoms with E-state index >= 15 is 0 Å². The van der Waals surface area contributed by atoms with Gasteiger partial charge in [0.15, 0.2) is 9.84 Å². The highest BCUT2D eigenvalue weighted by Crippen LogP contribution is 2.32. The van der Waals surface area contributed by atoms with E-state index in [1.165, 1.54) is 0 Å². The van der Waals surface area contributed by atoms with E-state index in [1.807, 2.05) is 44.2 Å². The SMILES string of the molecule is CCN(C(=O)c1ccc(NC(=O)Cc2ccc(S(=O)(=O)CC3CC3)cc2)c(C)c1)c1ccccc1. The van der Waals surface area contributed by atoms with E-state index < -0.39 is 9.84 Å². The molecule has 1 saturated carbocycles. The lowest BCUT2D eigenvalue weighted by Crippen LogP contribution is -2.30. The number of carbonyl (C=O) groups excluding carboxylic acids is 2. The lowest BCUT2D eigenvalue weighted by molar-refractivity contribution is -0.115. The molecule has 0 radical (unpaired) electrons. The molecule has 0 atom stereocenters. The van der Waals surface area contributed by atoms with Crippen molar-refractivity contribution in [3.05, 3.63) is 89.5 Å². The van der Waals surface area contributed by atoms with Crippen LogP contribution in [0.4, 0.5) is 11.4 Å². The highest BCUT2D eigenvalue weighted by atomic mass is 32.2. The van der Waals surface area contributed by atoms with Crippen molar-refractivity contribution < 1.29 is 18.0 Å². The largest absolute Gasteiger partial charge is 0.326 e. The lowest BCUT2D eigenvalue weighted by atomic mass is 10.1. The highest BCUT2D eigenvalue weighted by Gasteiger charge is 2.29. The molecule has 0 spiro atoms. The molecule has 0 unspecified atom stereocenters. The molecule has 1 N–H and O–H groups in total. The maximum atomic E-state index is 13.1. The number of rotatable bonds is 9. The summed E-state index contributed by atoms with van der Waals surface area (Å²) < 4.78 is 24.8. The number of anilines is 2. The summed E-state index contributed by atoms with van der Waals surface area (Å²) in [5.41, 5.74) is 3.54. The fourth-order valence-electron chi connectivity index (χ4n) is 4.03. The zero-order valence-electron chi connectivity index (χ0n) is 20.0. The number of hydrogen-bond acceptors (Lipinski definition) is 4. The monoisotopic (exact) mass is 490 g/mol.